The number of hydrogen-bond donors (Lipinski definition) is 0. The Morgan fingerprint density at radius 3 is 1.95 bits per heavy atom. The van der Waals surface area contributed by atoms with E-state index in [9.17, 15) is 4.79 Å². The maximum Gasteiger partial charge on any atom is 0.404 e. The molecule has 1 aliphatic carbocycles. The van der Waals surface area contributed by atoms with E-state index >= 15 is 0 Å². The molecule has 1 aliphatic heterocycles. The second-order valence-corrected chi connectivity index (χ2v) is 7.98. The summed E-state index contributed by atoms with van der Waals surface area (Å²) in [5.74, 6) is 0. The number of halogens is 2. The van der Waals surface area contributed by atoms with E-state index in [-0.39, 0.29) is 29.6 Å². The van der Waals surface area contributed by atoms with Gasteiger partial charge in [-0.25, -0.2) is 4.79 Å². The van der Waals surface area contributed by atoms with Crippen LogP contribution in [0.25, 0.3) is 0 Å². The molecule has 1 saturated carbocycles. The lowest BCUT2D eigenvalue weighted by Gasteiger charge is -2.54. The molecule has 0 atom stereocenters. The molecule has 0 N–H and O–H groups in total. The number of carbonyl (C=O) groups is 1. The van der Waals surface area contributed by atoms with Crippen molar-refractivity contribution in [3.05, 3.63) is 0 Å². The standard InChI is InChI=1S/C16H28ClNO3.ClH/c1-15(2)10-13(20-14(17)19)11-16(3,4)18(15)21-12-8-6-5-7-9-12;/h12-13H,5-11H2,1-4H3;1H. The third kappa shape index (κ3) is 4.98. The minimum atomic E-state index is -0.715. The zero-order chi connectivity index (χ0) is 15.7. The second-order valence-electron chi connectivity index (χ2n) is 7.67. The molecule has 22 heavy (non-hydrogen) atoms. The van der Waals surface area contributed by atoms with E-state index < -0.39 is 5.43 Å². The van der Waals surface area contributed by atoms with Crippen molar-refractivity contribution in [1.29, 1.82) is 0 Å². The molecule has 0 spiro atoms. The summed E-state index contributed by atoms with van der Waals surface area (Å²) < 4.78 is 5.25. The van der Waals surface area contributed by atoms with Gasteiger partial charge in [0.2, 0.25) is 0 Å². The van der Waals surface area contributed by atoms with E-state index in [4.69, 9.17) is 21.2 Å². The fraction of sp³-hybridized carbons (Fsp3) is 0.938. The van der Waals surface area contributed by atoms with Crippen molar-refractivity contribution >= 4 is 29.4 Å². The van der Waals surface area contributed by atoms with Crippen LogP contribution in [0.5, 0.6) is 0 Å². The number of nitrogens with zero attached hydrogens (tertiary/aromatic N) is 1. The van der Waals surface area contributed by atoms with Crippen LogP contribution in [-0.2, 0) is 9.57 Å². The highest BCUT2D eigenvalue weighted by Crippen LogP contribution is 2.41. The number of ether oxygens (including phenoxy) is 1. The first-order valence-corrected chi connectivity index (χ1v) is 8.42. The number of rotatable bonds is 3. The van der Waals surface area contributed by atoms with Gasteiger partial charge in [0.05, 0.1) is 6.10 Å². The first-order chi connectivity index (χ1) is 9.71. The molecular weight excluding hydrogens is 325 g/mol. The van der Waals surface area contributed by atoms with Crippen LogP contribution in [0, 0.1) is 0 Å². The van der Waals surface area contributed by atoms with Gasteiger partial charge in [-0.15, -0.1) is 12.4 Å². The smallest absolute Gasteiger partial charge is 0.404 e. The highest BCUT2D eigenvalue weighted by Gasteiger charge is 2.48. The molecule has 6 heteroatoms. The molecule has 0 unspecified atom stereocenters. The van der Waals surface area contributed by atoms with Crippen LogP contribution >= 0.6 is 24.0 Å². The van der Waals surface area contributed by atoms with Crippen LogP contribution < -0.4 is 0 Å². The van der Waals surface area contributed by atoms with Crippen molar-refractivity contribution in [1.82, 2.24) is 5.06 Å². The molecular formula is C16H29Cl2NO3. The first kappa shape index (κ1) is 20.0. The lowest BCUT2D eigenvalue weighted by atomic mass is 9.80. The zero-order valence-corrected chi connectivity index (χ0v) is 15.6. The predicted octanol–water partition coefficient (Wildman–Crippen LogP) is 5.07. The Bertz CT molecular complexity index is 364. The summed E-state index contributed by atoms with van der Waals surface area (Å²) in [5, 5.41) is 2.15. The molecule has 4 nitrogen and oxygen atoms in total. The molecule has 2 aliphatic rings. The van der Waals surface area contributed by atoms with Gasteiger partial charge in [0.15, 0.2) is 0 Å². The minimum Gasteiger partial charge on any atom is -0.450 e. The van der Waals surface area contributed by atoms with Gasteiger partial charge in [-0.2, -0.15) is 5.06 Å². The van der Waals surface area contributed by atoms with Crippen molar-refractivity contribution in [3.63, 3.8) is 0 Å². The van der Waals surface area contributed by atoms with Gasteiger partial charge in [-0.05, 0) is 40.5 Å². The monoisotopic (exact) mass is 353 g/mol. The SMILES string of the molecule is CC1(C)CC(OC(=O)Cl)CC(C)(C)N1OC1CCCCC1.Cl. The van der Waals surface area contributed by atoms with Gasteiger partial charge in [0, 0.05) is 35.5 Å². The molecule has 0 bridgehead atoms. The number of carbonyl (C=O) groups excluding carboxylic acids is 1. The summed E-state index contributed by atoms with van der Waals surface area (Å²) in [6.45, 7) is 8.58. The minimum absolute atomic E-state index is 0. The average molecular weight is 354 g/mol. The topological polar surface area (TPSA) is 38.8 Å². The molecule has 0 amide bonds. The van der Waals surface area contributed by atoms with Gasteiger partial charge >= 0.3 is 5.43 Å². The molecule has 2 fully saturated rings. The number of hydrogen-bond acceptors (Lipinski definition) is 4. The normalized spacial score (nSPS) is 26.2. The highest BCUT2D eigenvalue weighted by molar-refractivity contribution is 6.61. The van der Waals surface area contributed by atoms with Gasteiger partial charge in [0.1, 0.15) is 6.10 Å². The third-order valence-electron chi connectivity index (χ3n) is 4.62. The largest absolute Gasteiger partial charge is 0.450 e. The Hall–Kier alpha value is -0.0300. The highest BCUT2D eigenvalue weighted by atomic mass is 35.5. The molecule has 1 heterocycles. The Morgan fingerprint density at radius 1 is 1.00 bits per heavy atom. The Kier molecular flexibility index (Phi) is 7.00. The van der Waals surface area contributed by atoms with Crippen molar-refractivity contribution in [2.45, 2.75) is 95.9 Å². The van der Waals surface area contributed by atoms with Crippen LogP contribution in [-0.4, -0.2) is 33.8 Å². The summed E-state index contributed by atoms with van der Waals surface area (Å²) >= 11 is 5.38. The van der Waals surface area contributed by atoms with Crippen LogP contribution in [0.2, 0.25) is 0 Å². The van der Waals surface area contributed by atoms with Gasteiger partial charge < -0.3 is 4.74 Å². The van der Waals surface area contributed by atoms with Crippen molar-refractivity contribution in [2.75, 3.05) is 0 Å². The molecule has 130 valence electrons. The van der Waals surface area contributed by atoms with E-state index in [0.29, 0.717) is 6.10 Å². The van der Waals surface area contributed by atoms with Crippen molar-refractivity contribution in [2.24, 2.45) is 0 Å². The average Bonchev–Trinajstić information content (AvgIpc) is 2.33. The first-order valence-electron chi connectivity index (χ1n) is 8.04. The van der Waals surface area contributed by atoms with E-state index in [2.05, 4.69) is 32.8 Å². The maximum absolute atomic E-state index is 11.0. The lowest BCUT2D eigenvalue weighted by molar-refractivity contribution is -0.316. The number of hydroxylamine groups is 2. The van der Waals surface area contributed by atoms with Crippen molar-refractivity contribution in [3.8, 4) is 0 Å². The summed E-state index contributed by atoms with van der Waals surface area (Å²) in [7, 11) is 0. The van der Waals surface area contributed by atoms with E-state index in [1.54, 1.807) is 0 Å². The molecule has 0 aromatic carbocycles. The summed E-state index contributed by atoms with van der Waals surface area (Å²) in [4.78, 5) is 17.4. The molecule has 1 saturated heterocycles. The van der Waals surface area contributed by atoms with Crippen LogP contribution in [0.15, 0.2) is 0 Å². The predicted molar refractivity (Wildman–Crippen MR) is 90.6 cm³/mol. The van der Waals surface area contributed by atoms with Gasteiger partial charge in [0.25, 0.3) is 0 Å². The second kappa shape index (κ2) is 7.69. The van der Waals surface area contributed by atoms with E-state index in [1.807, 2.05) is 0 Å². The fourth-order valence-electron chi connectivity index (χ4n) is 3.99. The van der Waals surface area contributed by atoms with Crippen molar-refractivity contribution < 1.29 is 14.4 Å². The van der Waals surface area contributed by atoms with Gasteiger partial charge in [-0.1, -0.05) is 19.3 Å². The van der Waals surface area contributed by atoms with Crippen LogP contribution in [0.4, 0.5) is 4.79 Å². The number of piperidine rings is 1. The fourth-order valence-corrected chi connectivity index (χ4v) is 4.12. The zero-order valence-electron chi connectivity index (χ0n) is 14.1. The Morgan fingerprint density at radius 2 is 1.50 bits per heavy atom. The summed E-state index contributed by atoms with van der Waals surface area (Å²) in [6, 6.07) is 0. The Labute approximate surface area is 145 Å². The third-order valence-corrected chi connectivity index (χ3v) is 4.71. The van der Waals surface area contributed by atoms with Gasteiger partial charge in [-0.3, -0.25) is 4.84 Å². The molecule has 2 rings (SSSR count). The summed E-state index contributed by atoms with van der Waals surface area (Å²) in [5.41, 5.74) is -1.08. The molecule has 0 aromatic rings. The van der Waals surface area contributed by atoms with E-state index in [0.717, 1.165) is 25.7 Å². The Balaban J connectivity index is 0.00000242. The summed E-state index contributed by atoms with van der Waals surface area (Å²) in [6.07, 6.45) is 7.77. The van der Waals surface area contributed by atoms with E-state index in [1.165, 1.54) is 19.3 Å². The van der Waals surface area contributed by atoms with Crippen LogP contribution in [0.3, 0.4) is 0 Å². The maximum atomic E-state index is 11.0. The molecule has 0 aromatic heterocycles. The quantitative estimate of drug-likeness (QED) is 0.664. The lowest BCUT2D eigenvalue weighted by Crippen LogP contribution is -2.62. The molecule has 0 radical (unpaired) electrons. The van der Waals surface area contributed by atoms with Crippen LogP contribution in [0.1, 0.15) is 72.6 Å².